The van der Waals surface area contributed by atoms with Gasteiger partial charge >= 0.3 is 0 Å². The lowest BCUT2D eigenvalue weighted by atomic mass is 10.1. The summed E-state index contributed by atoms with van der Waals surface area (Å²) in [6.45, 7) is 1.96. The predicted molar refractivity (Wildman–Crippen MR) is 77.7 cm³/mol. The van der Waals surface area contributed by atoms with Crippen molar-refractivity contribution >= 4 is 17.2 Å². The number of aromatic nitrogens is 3. The van der Waals surface area contributed by atoms with Crippen molar-refractivity contribution in [1.29, 1.82) is 0 Å². The Balaban J connectivity index is 2.11. The lowest BCUT2D eigenvalue weighted by molar-refractivity contribution is 1.15. The van der Waals surface area contributed by atoms with Crippen LogP contribution in [0.4, 0.5) is 5.82 Å². The summed E-state index contributed by atoms with van der Waals surface area (Å²) in [5.74, 6) is 1.03. The molecule has 0 spiro atoms. The number of hydrogen-bond acceptors (Lipinski definition) is 5. The molecular weight excluding hydrogens is 256 g/mol. The summed E-state index contributed by atoms with van der Waals surface area (Å²) in [6, 6.07) is 11.7. The van der Waals surface area contributed by atoms with E-state index in [9.17, 15) is 0 Å². The number of benzene rings is 1. The van der Waals surface area contributed by atoms with E-state index in [1.54, 1.807) is 17.4 Å². The van der Waals surface area contributed by atoms with Gasteiger partial charge in [-0.2, -0.15) is 0 Å². The number of hydrogen-bond donors (Lipinski definition) is 1. The molecule has 4 nitrogen and oxygen atoms in total. The van der Waals surface area contributed by atoms with Gasteiger partial charge in [-0.3, -0.25) is 0 Å². The van der Waals surface area contributed by atoms with Crippen LogP contribution >= 0.6 is 11.3 Å². The average molecular weight is 268 g/mol. The minimum Gasteiger partial charge on any atom is -0.384 e. The minimum absolute atomic E-state index is 0.453. The maximum Gasteiger partial charge on any atom is 0.181 e. The molecule has 0 aliphatic heterocycles. The topological polar surface area (TPSA) is 64.7 Å². The highest BCUT2D eigenvalue weighted by atomic mass is 32.1. The van der Waals surface area contributed by atoms with Crippen molar-refractivity contribution in [2.24, 2.45) is 0 Å². The van der Waals surface area contributed by atoms with E-state index in [1.807, 2.05) is 42.6 Å². The van der Waals surface area contributed by atoms with Gasteiger partial charge in [-0.1, -0.05) is 30.3 Å². The summed E-state index contributed by atoms with van der Waals surface area (Å²) in [6.07, 6.45) is 0. The number of nitrogen functional groups attached to an aromatic ring is 1. The third kappa shape index (κ3) is 2.46. The largest absolute Gasteiger partial charge is 0.384 e. The SMILES string of the molecule is Cc1nc(-c2nc(N)cc(-c3ccccc3)n2)cs1. The summed E-state index contributed by atoms with van der Waals surface area (Å²) >= 11 is 1.57. The van der Waals surface area contributed by atoms with Gasteiger partial charge in [0.05, 0.1) is 10.7 Å². The van der Waals surface area contributed by atoms with Crippen molar-refractivity contribution in [2.75, 3.05) is 5.73 Å². The first-order valence-electron chi connectivity index (χ1n) is 5.85. The van der Waals surface area contributed by atoms with Crippen molar-refractivity contribution in [3.63, 3.8) is 0 Å². The van der Waals surface area contributed by atoms with Crippen LogP contribution in [0.2, 0.25) is 0 Å². The fraction of sp³-hybridized carbons (Fsp3) is 0.0714. The zero-order chi connectivity index (χ0) is 13.2. The number of nitrogens with two attached hydrogens (primary N) is 1. The highest BCUT2D eigenvalue weighted by molar-refractivity contribution is 7.09. The molecule has 2 heterocycles. The number of nitrogens with zero attached hydrogens (tertiary/aromatic N) is 3. The maximum atomic E-state index is 5.87. The van der Waals surface area contributed by atoms with Crippen LogP contribution in [0, 0.1) is 6.92 Å². The summed E-state index contributed by atoms with van der Waals surface area (Å²) in [5, 5.41) is 2.93. The predicted octanol–water partition coefficient (Wildman–Crippen LogP) is 3.16. The lowest BCUT2D eigenvalue weighted by Crippen LogP contribution is -1.98. The Kier molecular flexibility index (Phi) is 2.97. The van der Waals surface area contributed by atoms with E-state index in [-0.39, 0.29) is 0 Å². The van der Waals surface area contributed by atoms with Gasteiger partial charge in [0, 0.05) is 17.0 Å². The second kappa shape index (κ2) is 4.78. The molecule has 0 unspecified atom stereocenters. The maximum absolute atomic E-state index is 5.87. The molecule has 19 heavy (non-hydrogen) atoms. The summed E-state index contributed by atoms with van der Waals surface area (Å²) in [5.41, 5.74) is 8.47. The van der Waals surface area contributed by atoms with E-state index in [2.05, 4.69) is 15.0 Å². The number of thiazole rings is 1. The van der Waals surface area contributed by atoms with Crippen LogP contribution in [-0.2, 0) is 0 Å². The fourth-order valence-electron chi connectivity index (χ4n) is 1.80. The molecule has 0 saturated carbocycles. The van der Waals surface area contributed by atoms with Crippen LogP contribution in [0.3, 0.4) is 0 Å². The number of anilines is 1. The molecule has 0 atom stereocenters. The quantitative estimate of drug-likeness (QED) is 0.775. The monoisotopic (exact) mass is 268 g/mol. The molecule has 94 valence electrons. The van der Waals surface area contributed by atoms with E-state index in [0.29, 0.717) is 11.6 Å². The Morgan fingerprint density at radius 1 is 1.00 bits per heavy atom. The average Bonchev–Trinajstić information content (AvgIpc) is 2.86. The second-order valence-corrected chi connectivity index (χ2v) is 5.18. The van der Waals surface area contributed by atoms with Crippen LogP contribution in [0.25, 0.3) is 22.8 Å². The Labute approximate surface area is 115 Å². The van der Waals surface area contributed by atoms with Gasteiger partial charge in [0.1, 0.15) is 11.5 Å². The minimum atomic E-state index is 0.453. The van der Waals surface area contributed by atoms with Crippen LogP contribution in [0.1, 0.15) is 5.01 Å². The lowest BCUT2D eigenvalue weighted by Gasteiger charge is -2.04. The Bertz CT molecular complexity index is 706. The van der Waals surface area contributed by atoms with Crippen LogP contribution in [-0.4, -0.2) is 15.0 Å². The van der Waals surface area contributed by atoms with E-state index in [0.717, 1.165) is 22.0 Å². The third-order valence-electron chi connectivity index (χ3n) is 2.66. The molecule has 0 aliphatic rings. The molecule has 2 N–H and O–H groups in total. The molecule has 0 saturated heterocycles. The number of aryl methyl sites for hydroxylation is 1. The molecule has 3 aromatic rings. The van der Waals surface area contributed by atoms with Gasteiger partial charge in [-0.15, -0.1) is 11.3 Å². The first kappa shape index (κ1) is 11.8. The van der Waals surface area contributed by atoms with Crippen molar-refractivity contribution in [1.82, 2.24) is 15.0 Å². The normalized spacial score (nSPS) is 10.6. The van der Waals surface area contributed by atoms with Gasteiger partial charge in [0.2, 0.25) is 0 Å². The molecular formula is C14H12N4S. The summed E-state index contributed by atoms with van der Waals surface area (Å²) < 4.78 is 0. The van der Waals surface area contributed by atoms with Gasteiger partial charge < -0.3 is 5.73 Å². The summed E-state index contributed by atoms with van der Waals surface area (Å²) in [4.78, 5) is 13.2. The van der Waals surface area contributed by atoms with Crippen LogP contribution in [0.15, 0.2) is 41.8 Å². The molecule has 1 aromatic carbocycles. The fourth-order valence-corrected chi connectivity index (χ4v) is 2.39. The molecule has 0 radical (unpaired) electrons. The van der Waals surface area contributed by atoms with Crippen molar-refractivity contribution < 1.29 is 0 Å². The van der Waals surface area contributed by atoms with Crippen molar-refractivity contribution in [3.8, 4) is 22.8 Å². The van der Waals surface area contributed by atoms with E-state index >= 15 is 0 Å². The molecule has 3 rings (SSSR count). The van der Waals surface area contributed by atoms with Gasteiger partial charge in [0.25, 0.3) is 0 Å². The highest BCUT2D eigenvalue weighted by Gasteiger charge is 2.09. The third-order valence-corrected chi connectivity index (χ3v) is 3.44. The van der Waals surface area contributed by atoms with E-state index in [1.165, 1.54) is 0 Å². The molecule has 0 amide bonds. The van der Waals surface area contributed by atoms with Crippen LogP contribution < -0.4 is 5.73 Å². The molecule has 0 aliphatic carbocycles. The van der Waals surface area contributed by atoms with Gasteiger partial charge in [0.15, 0.2) is 5.82 Å². The Morgan fingerprint density at radius 3 is 2.47 bits per heavy atom. The first-order chi connectivity index (χ1) is 9.22. The van der Waals surface area contributed by atoms with E-state index in [4.69, 9.17) is 5.73 Å². The van der Waals surface area contributed by atoms with Crippen molar-refractivity contribution in [2.45, 2.75) is 6.92 Å². The Hall–Kier alpha value is -2.27. The first-order valence-corrected chi connectivity index (χ1v) is 6.73. The molecule has 2 aromatic heterocycles. The molecule has 0 bridgehead atoms. The molecule has 5 heteroatoms. The smallest absolute Gasteiger partial charge is 0.181 e. The zero-order valence-electron chi connectivity index (χ0n) is 10.4. The van der Waals surface area contributed by atoms with E-state index < -0.39 is 0 Å². The zero-order valence-corrected chi connectivity index (χ0v) is 11.2. The van der Waals surface area contributed by atoms with Crippen LogP contribution in [0.5, 0.6) is 0 Å². The standard InChI is InChI=1S/C14H12N4S/c1-9-16-12(8-19-9)14-17-11(7-13(15)18-14)10-5-3-2-4-6-10/h2-8H,1H3,(H2,15,17,18). The Morgan fingerprint density at radius 2 is 1.79 bits per heavy atom. The highest BCUT2D eigenvalue weighted by Crippen LogP contribution is 2.23. The second-order valence-electron chi connectivity index (χ2n) is 4.12. The van der Waals surface area contributed by atoms with Gasteiger partial charge in [-0.25, -0.2) is 15.0 Å². The molecule has 0 fully saturated rings. The van der Waals surface area contributed by atoms with Crippen molar-refractivity contribution in [3.05, 3.63) is 46.8 Å². The van der Waals surface area contributed by atoms with Gasteiger partial charge in [-0.05, 0) is 6.92 Å². The summed E-state index contributed by atoms with van der Waals surface area (Å²) in [7, 11) is 0. The number of rotatable bonds is 2.